The number of ether oxygens (including phenoxy) is 1. The van der Waals surface area contributed by atoms with Crippen LogP contribution in [0.15, 0.2) is 30.3 Å². The molecule has 0 aromatic heterocycles. The molecule has 0 unspecified atom stereocenters. The Morgan fingerprint density at radius 3 is 2.80 bits per heavy atom. The van der Waals surface area contributed by atoms with Crippen molar-refractivity contribution in [1.82, 2.24) is 0 Å². The maximum absolute atomic E-state index is 12.1. The van der Waals surface area contributed by atoms with E-state index in [4.69, 9.17) is 4.74 Å². The van der Waals surface area contributed by atoms with Gasteiger partial charge in [0.25, 0.3) is 0 Å². The Morgan fingerprint density at radius 1 is 1.35 bits per heavy atom. The summed E-state index contributed by atoms with van der Waals surface area (Å²) in [7, 11) is 0. The highest BCUT2D eigenvalue weighted by molar-refractivity contribution is 8.13. The highest BCUT2D eigenvalue weighted by Gasteiger charge is 2.35. The van der Waals surface area contributed by atoms with Crippen molar-refractivity contribution in [2.24, 2.45) is 5.92 Å². The Hall–Kier alpha value is -1.29. The van der Waals surface area contributed by atoms with Crippen molar-refractivity contribution < 1.29 is 14.3 Å². The molecule has 108 valence electrons. The number of esters is 1. The largest absolute Gasteiger partial charge is 0.462 e. The van der Waals surface area contributed by atoms with Crippen LogP contribution in [0, 0.1) is 5.92 Å². The van der Waals surface area contributed by atoms with Crippen LogP contribution in [0.3, 0.4) is 0 Å². The molecule has 0 aliphatic carbocycles. The standard InChI is InChI=1S/C16H20O3S/c1-2-20-16(18)13-9-11-15(17)19-14(13)10-8-12-6-4-3-5-7-12/h3-7,13-14H,2,8-11H2,1H3/t13-,14+/m0/s1. The van der Waals surface area contributed by atoms with Gasteiger partial charge in [0.1, 0.15) is 6.10 Å². The van der Waals surface area contributed by atoms with Crippen LogP contribution in [0.2, 0.25) is 0 Å². The van der Waals surface area contributed by atoms with Gasteiger partial charge >= 0.3 is 5.97 Å². The first kappa shape index (κ1) is 15.1. The van der Waals surface area contributed by atoms with E-state index in [0.717, 1.165) is 18.6 Å². The smallest absolute Gasteiger partial charge is 0.306 e. The minimum absolute atomic E-state index is 0.138. The van der Waals surface area contributed by atoms with Gasteiger partial charge in [0.15, 0.2) is 5.12 Å². The first-order valence-electron chi connectivity index (χ1n) is 7.10. The molecule has 2 rings (SSSR count). The second kappa shape index (κ2) is 7.48. The number of hydrogen-bond acceptors (Lipinski definition) is 4. The van der Waals surface area contributed by atoms with E-state index in [2.05, 4.69) is 12.1 Å². The minimum Gasteiger partial charge on any atom is -0.462 e. The highest BCUT2D eigenvalue weighted by atomic mass is 32.2. The number of carbonyl (C=O) groups is 2. The van der Waals surface area contributed by atoms with Gasteiger partial charge in [-0.3, -0.25) is 9.59 Å². The van der Waals surface area contributed by atoms with Crippen molar-refractivity contribution in [1.29, 1.82) is 0 Å². The second-order valence-corrected chi connectivity index (χ2v) is 6.22. The molecule has 1 aliphatic rings. The summed E-state index contributed by atoms with van der Waals surface area (Å²) in [5.41, 5.74) is 1.21. The number of hydrogen-bond donors (Lipinski definition) is 0. The summed E-state index contributed by atoms with van der Waals surface area (Å²) in [6.07, 6.45) is 2.28. The molecule has 0 spiro atoms. The molecular weight excluding hydrogens is 272 g/mol. The summed E-state index contributed by atoms with van der Waals surface area (Å²) < 4.78 is 5.42. The van der Waals surface area contributed by atoms with E-state index in [-0.39, 0.29) is 23.1 Å². The van der Waals surface area contributed by atoms with Crippen LogP contribution < -0.4 is 0 Å². The van der Waals surface area contributed by atoms with Gasteiger partial charge in [-0.15, -0.1) is 0 Å². The fraction of sp³-hybridized carbons (Fsp3) is 0.500. The topological polar surface area (TPSA) is 43.4 Å². The second-order valence-electron chi connectivity index (χ2n) is 4.95. The number of benzene rings is 1. The van der Waals surface area contributed by atoms with Crippen LogP contribution in [-0.4, -0.2) is 22.9 Å². The van der Waals surface area contributed by atoms with Crippen LogP contribution in [0.1, 0.15) is 31.7 Å². The molecule has 20 heavy (non-hydrogen) atoms. The Labute approximate surface area is 124 Å². The highest BCUT2D eigenvalue weighted by Crippen LogP contribution is 2.29. The van der Waals surface area contributed by atoms with Gasteiger partial charge in [-0.05, 0) is 30.6 Å². The van der Waals surface area contributed by atoms with Gasteiger partial charge in [-0.1, -0.05) is 49.0 Å². The summed E-state index contributed by atoms with van der Waals surface area (Å²) in [6, 6.07) is 10.1. The Kier molecular flexibility index (Phi) is 5.65. The molecule has 1 heterocycles. The predicted octanol–water partition coefficient (Wildman–Crippen LogP) is 3.22. The van der Waals surface area contributed by atoms with Crippen molar-refractivity contribution in [3.8, 4) is 0 Å². The number of carbonyl (C=O) groups excluding carboxylic acids is 2. The number of aryl methyl sites for hydroxylation is 1. The van der Waals surface area contributed by atoms with Crippen molar-refractivity contribution in [2.75, 3.05) is 5.75 Å². The minimum atomic E-state index is -0.261. The first-order chi connectivity index (χ1) is 9.70. The molecule has 0 radical (unpaired) electrons. The van der Waals surface area contributed by atoms with Crippen LogP contribution in [-0.2, 0) is 20.7 Å². The monoisotopic (exact) mass is 292 g/mol. The van der Waals surface area contributed by atoms with Crippen molar-refractivity contribution in [3.05, 3.63) is 35.9 Å². The maximum Gasteiger partial charge on any atom is 0.306 e. The molecule has 3 nitrogen and oxygen atoms in total. The molecule has 2 atom stereocenters. The Bertz CT molecular complexity index is 458. The number of cyclic esters (lactones) is 1. The van der Waals surface area contributed by atoms with E-state index < -0.39 is 0 Å². The zero-order chi connectivity index (χ0) is 14.4. The maximum atomic E-state index is 12.1. The fourth-order valence-electron chi connectivity index (χ4n) is 2.50. The molecule has 0 saturated carbocycles. The lowest BCUT2D eigenvalue weighted by molar-refractivity contribution is -0.159. The molecule has 1 aliphatic heterocycles. The lowest BCUT2D eigenvalue weighted by atomic mass is 9.91. The average molecular weight is 292 g/mol. The number of rotatable bonds is 5. The molecule has 4 heteroatoms. The van der Waals surface area contributed by atoms with E-state index in [1.165, 1.54) is 17.3 Å². The molecule has 0 N–H and O–H groups in total. The quantitative estimate of drug-likeness (QED) is 0.782. The first-order valence-corrected chi connectivity index (χ1v) is 8.09. The summed E-state index contributed by atoms with van der Waals surface area (Å²) in [6.45, 7) is 1.97. The lowest BCUT2D eigenvalue weighted by Crippen LogP contribution is -2.36. The fourth-order valence-corrected chi connectivity index (χ4v) is 3.27. The molecule has 0 amide bonds. The summed E-state index contributed by atoms with van der Waals surface area (Å²) >= 11 is 1.33. The lowest BCUT2D eigenvalue weighted by Gasteiger charge is -2.29. The Balaban J connectivity index is 1.97. The van der Waals surface area contributed by atoms with E-state index in [1.54, 1.807) is 0 Å². The van der Waals surface area contributed by atoms with Gasteiger partial charge < -0.3 is 4.74 Å². The Morgan fingerprint density at radius 2 is 2.10 bits per heavy atom. The third-order valence-electron chi connectivity index (χ3n) is 3.54. The average Bonchev–Trinajstić information content (AvgIpc) is 2.46. The van der Waals surface area contributed by atoms with Crippen LogP contribution in [0.4, 0.5) is 0 Å². The van der Waals surface area contributed by atoms with Crippen molar-refractivity contribution >= 4 is 22.8 Å². The van der Waals surface area contributed by atoms with Crippen molar-refractivity contribution in [3.63, 3.8) is 0 Å². The van der Waals surface area contributed by atoms with E-state index >= 15 is 0 Å². The van der Waals surface area contributed by atoms with Crippen molar-refractivity contribution in [2.45, 2.75) is 38.7 Å². The van der Waals surface area contributed by atoms with E-state index in [1.807, 2.05) is 25.1 Å². The molecule has 1 fully saturated rings. The third-order valence-corrected chi connectivity index (χ3v) is 4.42. The zero-order valence-electron chi connectivity index (χ0n) is 11.7. The normalized spacial score (nSPS) is 22.4. The zero-order valence-corrected chi connectivity index (χ0v) is 12.5. The van der Waals surface area contributed by atoms with E-state index in [9.17, 15) is 9.59 Å². The molecular formula is C16H20O3S. The van der Waals surface area contributed by atoms with Gasteiger partial charge in [-0.2, -0.15) is 0 Å². The molecule has 0 bridgehead atoms. The third kappa shape index (κ3) is 4.10. The van der Waals surface area contributed by atoms with Gasteiger partial charge in [0, 0.05) is 6.42 Å². The molecule has 1 aromatic rings. The van der Waals surface area contributed by atoms with E-state index in [0.29, 0.717) is 12.8 Å². The van der Waals surface area contributed by atoms with Crippen LogP contribution in [0.25, 0.3) is 0 Å². The molecule has 1 saturated heterocycles. The van der Waals surface area contributed by atoms with Gasteiger partial charge in [-0.25, -0.2) is 0 Å². The van der Waals surface area contributed by atoms with Gasteiger partial charge in [0.05, 0.1) is 5.92 Å². The summed E-state index contributed by atoms with van der Waals surface area (Å²) in [4.78, 5) is 23.6. The van der Waals surface area contributed by atoms with Crippen LogP contribution in [0.5, 0.6) is 0 Å². The molecule has 1 aromatic carbocycles. The van der Waals surface area contributed by atoms with Crippen LogP contribution >= 0.6 is 11.8 Å². The SMILES string of the molecule is CCSC(=O)[C@H]1CCC(=O)O[C@@H]1CCc1ccccc1. The number of thioether (sulfide) groups is 1. The summed E-state index contributed by atoms with van der Waals surface area (Å²) in [5.74, 6) is 0.462. The van der Waals surface area contributed by atoms with Gasteiger partial charge in [0.2, 0.25) is 0 Å². The predicted molar refractivity (Wildman–Crippen MR) is 80.5 cm³/mol. The summed E-state index contributed by atoms with van der Waals surface area (Å²) in [5, 5.41) is 0.165.